The molecule has 4 fully saturated rings. The van der Waals surface area contributed by atoms with Gasteiger partial charge in [0.1, 0.15) is 5.00 Å². The highest BCUT2D eigenvalue weighted by Gasteiger charge is 2.54. The van der Waals surface area contributed by atoms with Crippen LogP contribution in [0.4, 0.5) is 5.00 Å². The van der Waals surface area contributed by atoms with Crippen LogP contribution in [-0.4, -0.2) is 42.4 Å². The van der Waals surface area contributed by atoms with E-state index >= 15 is 0 Å². The molecule has 1 N–H and O–H groups in total. The largest absolute Gasteiger partial charge is 0.462 e. The van der Waals surface area contributed by atoms with Gasteiger partial charge in [-0.15, -0.1) is 11.3 Å². The fraction of sp³-hybridized carbons (Fsp3) is 0.708. The number of carbonyl (C=O) groups is 3. The lowest BCUT2D eigenvalue weighted by molar-refractivity contribution is -0.140. The minimum absolute atomic E-state index is 0.0280. The summed E-state index contributed by atoms with van der Waals surface area (Å²) in [6.07, 6.45) is 6.66. The van der Waals surface area contributed by atoms with Gasteiger partial charge in [-0.2, -0.15) is 0 Å². The Hall–Kier alpha value is -1.89. The number of nitrogens with zero attached hydrogens (tertiary/aromatic N) is 1. The maximum Gasteiger partial charge on any atom is 0.341 e. The van der Waals surface area contributed by atoms with Crippen molar-refractivity contribution in [2.24, 2.45) is 23.2 Å². The molecule has 0 radical (unpaired) electrons. The number of carbonyl (C=O) groups excluding carboxylic acids is 3. The van der Waals surface area contributed by atoms with Gasteiger partial charge in [0.25, 0.3) is 5.91 Å². The van der Waals surface area contributed by atoms with E-state index in [-0.39, 0.29) is 23.8 Å². The van der Waals surface area contributed by atoms with Crippen molar-refractivity contribution in [3.8, 4) is 0 Å². The van der Waals surface area contributed by atoms with Crippen molar-refractivity contribution < 1.29 is 19.1 Å². The second-order valence-electron chi connectivity index (χ2n) is 9.61. The highest BCUT2D eigenvalue weighted by atomic mass is 32.1. The molecule has 4 saturated carbocycles. The average molecular weight is 447 g/mol. The minimum atomic E-state index is -0.476. The summed E-state index contributed by atoms with van der Waals surface area (Å²) in [5.41, 5.74) is 0.614. The molecule has 170 valence electrons. The fourth-order valence-corrected chi connectivity index (χ4v) is 7.69. The number of thiophene rings is 1. The molecular weight excluding hydrogens is 412 g/mol. The van der Waals surface area contributed by atoms with Crippen molar-refractivity contribution in [2.45, 2.75) is 66.2 Å². The standard InChI is InChI=1S/C24H34N2O4S/c1-5-26(6-2)21(27)19-14(4)18(22(28)30-7-3)20(31-19)25-23(29)24-11-15-8-16(12-24)10-17(9-15)13-24/h15-17H,5-13H2,1-4H3,(H,25,29). The lowest BCUT2D eigenvalue weighted by Gasteiger charge is -2.55. The van der Waals surface area contributed by atoms with E-state index in [9.17, 15) is 14.4 Å². The predicted molar refractivity (Wildman–Crippen MR) is 121 cm³/mol. The van der Waals surface area contributed by atoms with Gasteiger partial charge < -0.3 is 15.0 Å². The van der Waals surface area contributed by atoms with E-state index in [1.807, 2.05) is 13.8 Å². The minimum Gasteiger partial charge on any atom is -0.462 e. The molecule has 5 rings (SSSR count). The summed E-state index contributed by atoms with van der Waals surface area (Å²) in [7, 11) is 0. The lowest BCUT2D eigenvalue weighted by Crippen LogP contribution is -2.51. The summed E-state index contributed by atoms with van der Waals surface area (Å²) in [5.74, 6) is 1.42. The first-order chi connectivity index (χ1) is 14.8. The molecule has 4 aliphatic carbocycles. The molecule has 0 aliphatic heterocycles. The second kappa shape index (κ2) is 8.57. The topological polar surface area (TPSA) is 75.7 Å². The first-order valence-corrected chi connectivity index (χ1v) is 12.5. The van der Waals surface area contributed by atoms with Gasteiger partial charge >= 0.3 is 5.97 Å². The maximum absolute atomic E-state index is 13.6. The van der Waals surface area contributed by atoms with Crippen molar-refractivity contribution in [1.29, 1.82) is 0 Å². The van der Waals surface area contributed by atoms with Crippen LogP contribution in [0.5, 0.6) is 0 Å². The SMILES string of the molecule is CCOC(=O)c1c(NC(=O)C23CC4CC(CC(C4)C2)C3)sc(C(=O)N(CC)CC)c1C. The Morgan fingerprint density at radius 2 is 1.58 bits per heavy atom. The van der Waals surface area contributed by atoms with Crippen LogP contribution in [0.2, 0.25) is 0 Å². The number of nitrogens with one attached hydrogen (secondary N) is 1. The summed E-state index contributed by atoms with van der Waals surface area (Å²) in [5, 5.41) is 3.57. The van der Waals surface area contributed by atoms with Crippen LogP contribution in [0.1, 0.15) is 84.9 Å². The monoisotopic (exact) mass is 446 g/mol. The number of hydrogen-bond acceptors (Lipinski definition) is 5. The Balaban J connectivity index is 1.65. The van der Waals surface area contributed by atoms with E-state index in [0.717, 1.165) is 19.3 Å². The first kappa shape index (κ1) is 22.3. The Morgan fingerprint density at radius 3 is 2.06 bits per heavy atom. The first-order valence-electron chi connectivity index (χ1n) is 11.7. The van der Waals surface area contributed by atoms with E-state index in [2.05, 4.69) is 5.32 Å². The van der Waals surface area contributed by atoms with E-state index in [0.29, 0.717) is 51.8 Å². The quantitative estimate of drug-likeness (QED) is 0.606. The van der Waals surface area contributed by atoms with E-state index in [4.69, 9.17) is 4.74 Å². The van der Waals surface area contributed by atoms with E-state index < -0.39 is 5.97 Å². The van der Waals surface area contributed by atoms with E-state index in [1.54, 1.807) is 18.7 Å². The van der Waals surface area contributed by atoms with Crippen molar-refractivity contribution in [3.05, 3.63) is 16.0 Å². The molecule has 0 aromatic carbocycles. The van der Waals surface area contributed by atoms with Crippen LogP contribution in [0.15, 0.2) is 0 Å². The van der Waals surface area contributed by atoms with Crippen LogP contribution >= 0.6 is 11.3 Å². The molecule has 1 heterocycles. The van der Waals surface area contributed by atoms with Gasteiger partial charge in [-0.1, -0.05) is 0 Å². The van der Waals surface area contributed by atoms with E-state index in [1.165, 1.54) is 30.6 Å². The highest BCUT2D eigenvalue weighted by molar-refractivity contribution is 7.18. The molecule has 31 heavy (non-hydrogen) atoms. The Labute approximate surface area is 188 Å². The summed E-state index contributed by atoms with van der Waals surface area (Å²) in [6.45, 7) is 8.84. The molecule has 0 unspecified atom stereocenters. The molecule has 6 nitrogen and oxygen atoms in total. The van der Waals surface area contributed by atoms with Gasteiger partial charge in [-0.25, -0.2) is 4.79 Å². The smallest absolute Gasteiger partial charge is 0.341 e. The van der Waals surface area contributed by atoms with Crippen LogP contribution in [0.3, 0.4) is 0 Å². The third-order valence-corrected chi connectivity index (χ3v) is 8.81. The van der Waals surface area contributed by atoms with Gasteiger partial charge in [0.05, 0.1) is 22.5 Å². The van der Waals surface area contributed by atoms with Gasteiger partial charge in [-0.05, 0) is 89.5 Å². The third-order valence-electron chi connectivity index (χ3n) is 7.62. The van der Waals surface area contributed by atoms with Gasteiger partial charge in [0.2, 0.25) is 5.91 Å². The maximum atomic E-state index is 13.6. The summed E-state index contributed by atoms with van der Waals surface area (Å²) in [6, 6.07) is 0. The van der Waals surface area contributed by atoms with Gasteiger partial charge in [-0.3, -0.25) is 9.59 Å². The second-order valence-corrected chi connectivity index (χ2v) is 10.6. The van der Waals surface area contributed by atoms with Crippen LogP contribution in [0, 0.1) is 30.1 Å². The molecule has 0 atom stereocenters. The number of hydrogen-bond donors (Lipinski definition) is 1. The molecular formula is C24H34N2O4S. The summed E-state index contributed by atoms with van der Waals surface area (Å²) < 4.78 is 5.28. The van der Waals surface area contributed by atoms with Crippen molar-refractivity contribution in [3.63, 3.8) is 0 Å². The highest BCUT2D eigenvalue weighted by Crippen LogP contribution is 2.60. The molecule has 2 amide bonds. The van der Waals surface area contributed by atoms with Crippen LogP contribution in [0.25, 0.3) is 0 Å². The molecule has 7 heteroatoms. The summed E-state index contributed by atoms with van der Waals surface area (Å²) in [4.78, 5) is 41.6. The molecule has 0 spiro atoms. The Kier molecular flexibility index (Phi) is 6.16. The van der Waals surface area contributed by atoms with Gasteiger partial charge in [0, 0.05) is 13.1 Å². The van der Waals surface area contributed by atoms with Crippen molar-refractivity contribution >= 4 is 34.1 Å². The average Bonchev–Trinajstić information content (AvgIpc) is 3.03. The zero-order valence-electron chi connectivity index (χ0n) is 19.1. The summed E-state index contributed by atoms with van der Waals surface area (Å²) >= 11 is 1.22. The molecule has 4 bridgehead atoms. The Bertz CT molecular complexity index is 851. The Morgan fingerprint density at radius 1 is 1.03 bits per heavy atom. The number of ether oxygens (including phenoxy) is 1. The van der Waals surface area contributed by atoms with Crippen LogP contribution in [-0.2, 0) is 9.53 Å². The number of amides is 2. The normalized spacial score (nSPS) is 28.5. The number of anilines is 1. The van der Waals surface area contributed by atoms with Crippen LogP contribution < -0.4 is 5.32 Å². The lowest BCUT2D eigenvalue weighted by atomic mass is 9.49. The predicted octanol–water partition coefficient (Wildman–Crippen LogP) is 4.87. The number of rotatable bonds is 7. The van der Waals surface area contributed by atoms with Crippen molar-refractivity contribution in [1.82, 2.24) is 4.90 Å². The molecule has 1 aromatic heterocycles. The molecule has 4 aliphatic rings. The van der Waals surface area contributed by atoms with Gasteiger partial charge in [0.15, 0.2) is 0 Å². The number of esters is 1. The zero-order chi connectivity index (χ0) is 22.3. The molecule has 1 aromatic rings. The fourth-order valence-electron chi connectivity index (χ4n) is 6.53. The third kappa shape index (κ3) is 3.90. The van der Waals surface area contributed by atoms with Crippen molar-refractivity contribution in [2.75, 3.05) is 25.0 Å². The molecule has 0 saturated heterocycles. The zero-order valence-corrected chi connectivity index (χ0v) is 19.9.